The predicted octanol–water partition coefficient (Wildman–Crippen LogP) is 4.66. The monoisotopic (exact) mass is 396 g/mol. The average Bonchev–Trinajstić information content (AvgIpc) is 2.36. The number of rotatable bonds is 2. The van der Waals surface area contributed by atoms with Crippen LogP contribution in [0.15, 0.2) is 39.3 Å². The molecule has 104 valence electrons. The number of hydrogen-bond acceptors (Lipinski definition) is 2. The van der Waals surface area contributed by atoms with Crippen LogP contribution in [0.2, 0.25) is 0 Å². The van der Waals surface area contributed by atoms with E-state index in [4.69, 9.17) is 5.73 Å². The normalized spacial score (nSPS) is 10.4. The molecule has 2 aromatic carbocycles. The zero-order chi connectivity index (χ0) is 14.9. The number of hydrogen-bond donors (Lipinski definition) is 2. The quantitative estimate of drug-likeness (QED) is 0.723. The van der Waals surface area contributed by atoms with Crippen molar-refractivity contribution in [3.05, 3.63) is 56.0 Å². The Hall–Kier alpha value is -1.33. The Morgan fingerprint density at radius 3 is 2.40 bits per heavy atom. The molecule has 0 saturated carbocycles. The van der Waals surface area contributed by atoms with Crippen LogP contribution in [0.1, 0.15) is 21.5 Å². The summed E-state index contributed by atoms with van der Waals surface area (Å²) in [4.78, 5) is 12.3. The molecular weight excluding hydrogens is 384 g/mol. The molecule has 0 spiro atoms. The highest BCUT2D eigenvalue weighted by molar-refractivity contribution is 9.11. The van der Waals surface area contributed by atoms with Gasteiger partial charge in [0.05, 0.1) is 5.69 Å². The van der Waals surface area contributed by atoms with Gasteiger partial charge < -0.3 is 11.1 Å². The number of nitrogens with one attached hydrogen (secondary N) is 1. The van der Waals surface area contributed by atoms with E-state index in [2.05, 4.69) is 37.2 Å². The van der Waals surface area contributed by atoms with Crippen LogP contribution in [0.5, 0.6) is 0 Å². The summed E-state index contributed by atoms with van der Waals surface area (Å²) in [6.07, 6.45) is 0. The molecule has 3 nitrogen and oxygen atoms in total. The van der Waals surface area contributed by atoms with Crippen molar-refractivity contribution in [1.82, 2.24) is 0 Å². The van der Waals surface area contributed by atoms with Crippen molar-refractivity contribution in [2.45, 2.75) is 13.8 Å². The van der Waals surface area contributed by atoms with Crippen LogP contribution in [0.25, 0.3) is 0 Å². The summed E-state index contributed by atoms with van der Waals surface area (Å²) in [5, 5.41) is 2.92. The van der Waals surface area contributed by atoms with Gasteiger partial charge in [-0.2, -0.15) is 0 Å². The Morgan fingerprint density at radius 2 is 1.80 bits per heavy atom. The minimum atomic E-state index is -0.168. The highest BCUT2D eigenvalue weighted by Crippen LogP contribution is 2.28. The fraction of sp³-hybridized carbons (Fsp3) is 0.133. The molecule has 0 bridgehead atoms. The van der Waals surface area contributed by atoms with Gasteiger partial charge in [0.2, 0.25) is 0 Å². The molecular formula is C15H14Br2N2O. The summed E-state index contributed by atoms with van der Waals surface area (Å²) in [5.74, 6) is -0.168. The molecule has 0 aromatic heterocycles. The molecule has 5 heteroatoms. The Bertz CT molecular complexity index is 661. The van der Waals surface area contributed by atoms with Gasteiger partial charge in [-0.15, -0.1) is 0 Å². The van der Waals surface area contributed by atoms with Crippen LogP contribution in [-0.4, -0.2) is 5.91 Å². The standard InChI is InChI=1S/C15H14Br2N2O/c1-8-5-9(2)14(12(17)6-8)19-15(20)10-3-4-13(18)11(16)7-10/h3-7H,18H2,1-2H3,(H,19,20). The second kappa shape index (κ2) is 5.97. The molecule has 0 saturated heterocycles. The third kappa shape index (κ3) is 3.22. The second-order valence-corrected chi connectivity index (χ2v) is 6.34. The van der Waals surface area contributed by atoms with Gasteiger partial charge in [-0.1, -0.05) is 6.07 Å². The molecule has 0 radical (unpaired) electrons. The lowest BCUT2D eigenvalue weighted by Gasteiger charge is -2.12. The van der Waals surface area contributed by atoms with Gasteiger partial charge in [-0.05, 0) is 81.1 Å². The third-order valence-electron chi connectivity index (χ3n) is 2.93. The van der Waals surface area contributed by atoms with E-state index >= 15 is 0 Å². The molecule has 20 heavy (non-hydrogen) atoms. The number of nitrogens with two attached hydrogens (primary N) is 1. The number of carbonyl (C=O) groups excluding carboxylic acids is 1. The molecule has 0 unspecified atom stereocenters. The number of anilines is 2. The topological polar surface area (TPSA) is 55.1 Å². The smallest absolute Gasteiger partial charge is 0.255 e. The summed E-state index contributed by atoms with van der Waals surface area (Å²) in [7, 11) is 0. The minimum absolute atomic E-state index is 0.168. The number of nitrogen functional groups attached to an aromatic ring is 1. The maximum absolute atomic E-state index is 12.3. The fourth-order valence-electron chi connectivity index (χ4n) is 1.93. The van der Waals surface area contributed by atoms with Gasteiger partial charge in [-0.3, -0.25) is 4.79 Å². The van der Waals surface area contributed by atoms with Gasteiger partial charge in [0.25, 0.3) is 5.91 Å². The Morgan fingerprint density at radius 1 is 1.10 bits per heavy atom. The summed E-state index contributed by atoms with van der Waals surface area (Å²) in [5.41, 5.74) is 9.82. The van der Waals surface area contributed by atoms with Gasteiger partial charge in [-0.25, -0.2) is 0 Å². The predicted molar refractivity (Wildman–Crippen MR) is 90.1 cm³/mol. The van der Waals surface area contributed by atoms with Gasteiger partial charge in [0.15, 0.2) is 0 Å². The fourth-order valence-corrected chi connectivity index (χ4v) is 3.08. The maximum atomic E-state index is 12.3. The van der Waals surface area contributed by atoms with Crippen molar-refractivity contribution in [3.8, 4) is 0 Å². The van der Waals surface area contributed by atoms with E-state index in [0.29, 0.717) is 15.7 Å². The van der Waals surface area contributed by atoms with Crippen molar-refractivity contribution in [1.29, 1.82) is 0 Å². The first-order valence-corrected chi connectivity index (χ1v) is 7.60. The lowest BCUT2D eigenvalue weighted by molar-refractivity contribution is 0.102. The lowest BCUT2D eigenvalue weighted by Crippen LogP contribution is -2.13. The molecule has 0 atom stereocenters. The van der Waals surface area contributed by atoms with Crippen molar-refractivity contribution >= 4 is 49.1 Å². The van der Waals surface area contributed by atoms with Crippen LogP contribution in [0.3, 0.4) is 0 Å². The van der Waals surface area contributed by atoms with Crippen LogP contribution in [-0.2, 0) is 0 Å². The number of benzene rings is 2. The molecule has 3 N–H and O–H groups in total. The van der Waals surface area contributed by atoms with E-state index in [1.807, 2.05) is 26.0 Å². The van der Waals surface area contributed by atoms with Gasteiger partial charge in [0.1, 0.15) is 0 Å². The van der Waals surface area contributed by atoms with Gasteiger partial charge in [0, 0.05) is 20.2 Å². The average molecular weight is 398 g/mol. The first kappa shape index (κ1) is 15.1. The second-order valence-electron chi connectivity index (χ2n) is 4.63. The largest absolute Gasteiger partial charge is 0.398 e. The molecule has 0 aliphatic heterocycles. The van der Waals surface area contributed by atoms with Gasteiger partial charge >= 0.3 is 0 Å². The zero-order valence-corrected chi connectivity index (χ0v) is 14.3. The van der Waals surface area contributed by atoms with E-state index in [1.54, 1.807) is 18.2 Å². The lowest BCUT2D eigenvalue weighted by atomic mass is 10.1. The summed E-state index contributed by atoms with van der Waals surface area (Å²) >= 11 is 6.81. The molecule has 1 amide bonds. The number of amides is 1. The van der Waals surface area contributed by atoms with E-state index in [0.717, 1.165) is 21.3 Å². The number of aryl methyl sites for hydroxylation is 2. The van der Waals surface area contributed by atoms with Crippen LogP contribution >= 0.6 is 31.9 Å². The van der Waals surface area contributed by atoms with E-state index < -0.39 is 0 Å². The van der Waals surface area contributed by atoms with Crippen molar-refractivity contribution in [3.63, 3.8) is 0 Å². The van der Waals surface area contributed by atoms with E-state index in [1.165, 1.54) is 0 Å². The maximum Gasteiger partial charge on any atom is 0.255 e. The van der Waals surface area contributed by atoms with E-state index in [-0.39, 0.29) is 5.91 Å². The summed E-state index contributed by atoms with van der Waals surface area (Å²) < 4.78 is 1.59. The number of carbonyl (C=O) groups is 1. The van der Waals surface area contributed by atoms with Crippen LogP contribution < -0.4 is 11.1 Å². The summed E-state index contributed by atoms with van der Waals surface area (Å²) in [6, 6.07) is 9.12. The third-order valence-corrected chi connectivity index (χ3v) is 4.25. The Balaban J connectivity index is 2.30. The molecule has 0 heterocycles. The highest BCUT2D eigenvalue weighted by atomic mass is 79.9. The SMILES string of the molecule is Cc1cc(C)c(NC(=O)c2ccc(N)c(Br)c2)c(Br)c1. The number of halogens is 2. The minimum Gasteiger partial charge on any atom is -0.398 e. The molecule has 0 fully saturated rings. The summed E-state index contributed by atoms with van der Waals surface area (Å²) in [6.45, 7) is 3.98. The highest BCUT2D eigenvalue weighted by Gasteiger charge is 2.12. The first-order valence-electron chi connectivity index (χ1n) is 6.01. The molecule has 0 aliphatic carbocycles. The first-order chi connectivity index (χ1) is 9.38. The van der Waals surface area contributed by atoms with Crippen LogP contribution in [0.4, 0.5) is 11.4 Å². The Labute approximate surface area is 134 Å². The molecule has 0 aliphatic rings. The molecule has 2 rings (SSSR count). The van der Waals surface area contributed by atoms with E-state index in [9.17, 15) is 4.79 Å². The van der Waals surface area contributed by atoms with Crippen molar-refractivity contribution < 1.29 is 4.79 Å². The molecule has 2 aromatic rings. The Kier molecular flexibility index (Phi) is 4.50. The van der Waals surface area contributed by atoms with Crippen molar-refractivity contribution in [2.24, 2.45) is 0 Å². The van der Waals surface area contributed by atoms with Crippen molar-refractivity contribution in [2.75, 3.05) is 11.1 Å². The van der Waals surface area contributed by atoms with Crippen LogP contribution in [0, 0.1) is 13.8 Å². The zero-order valence-electron chi connectivity index (χ0n) is 11.1.